The molecule has 114 valence electrons. The standard InChI is InChI=1S/C12H20N2O5S/c1-5-19-7-6-14(4)20(17,18)11-8(2)10(12(15)16)13-9(11)3/h13H,5-7H2,1-4H3,(H,15,16). The smallest absolute Gasteiger partial charge is 0.352 e. The molecule has 1 aromatic rings. The van der Waals surface area contributed by atoms with Crippen molar-refractivity contribution in [2.24, 2.45) is 0 Å². The molecule has 0 spiro atoms. The van der Waals surface area contributed by atoms with Gasteiger partial charge in [0, 0.05) is 31.5 Å². The number of sulfonamides is 1. The van der Waals surface area contributed by atoms with E-state index in [9.17, 15) is 13.2 Å². The highest BCUT2D eigenvalue weighted by atomic mass is 32.2. The summed E-state index contributed by atoms with van der Waals surface area (Å²) in [7, 11) is -2.29. The van der Waals surface area contributed by atoms with Gasteiger partial charge in [-0.1, -0.05) is 0 Å². The summed E-state index contributed by atoms with van der Waals surface area (Å²) in [5, 5.41) is 9.02. The monoisotopic (exact) mass is 304 g/mol. The minimum absolute atomic E-state index is 0.0221. The molecule has 0 aliphatic carbocycles. The Morgan fingerprint density at radius 2 is 2.00 bits per heavy atom. The number of aromatic nitrogens is 1. The summed E-state index contributed by atoms with van der Waals surface area (Å²) in [6.07, 6.45) is 0. The molecule has 2 N–H and O–H groups in total. The van der Waals surface area contributed by atoms with Crippen LogP contribution in [0.3, 0.4) is 0 Å². The van der Waals surface area contributed by atoms with Gasteiger partial charge in [0.1, 0.15) is 10.6 Å². The summed E-state index contributed by atoms with van der Waals surface area (Å²) in [4.78, 5) is 13.7. The highest BCUT2D eigenvalue weighted by Gasteiger charge is 2.29. The van der Waals surface area contributed by atoms with Crippen LogP contribution in [0, 0.1) is 13.8 Å². The minimum atomic E-state index is -3.73. The van der Waals surface area contributed by atoms with Crippen LogP contribution in [-0.4, -0.2) is 55.6 Å². The number of hydrogen-bond acceptors (Lipinski definition) is 4. The number of carboxylic acid groups (broad SMARTS) is 1. The molecule has 0 unspecified atom stereocenters. The molecule has 0 aliphatic heterocycles. The molecule has 1 aromatic heterocycles. The fourth-order valence-corrected chi connectivity index (χ4v) is 3.50. The first-order chi connectivity index (χ1) is 9.23. The van der Waals surface area contributed by atoms with Crippen molar-refractivity contribution in [1.82, 2.24) is 9.29 Å². The molecule has 0 saturated heterocycles. The summed E-state index contributed by atoms with van der Waals surface area (Å²) in [5.74, 6) is -1.18. The molecule has 20 heavy (non-hydrogen) atoms. The van der Waals surface area contributed by atoms with Crippen molar-refractivity contribution in [2.45, 2.75) is 25.7 Å². The number of likely N-dealkylation sites (N-methyl/N-ethyl adjacent to an activating group) is 1. The first kappa shape index (κ1) is 16.7. The van der Waals surface area contributed by atoms with E-state index in [1.807, 2.05) is 6.92 Å². The van der Waals surface area contributed by atoms with Gasteiger partial charge in [-0.3, -0.25) is 0 Å². The number of carboxylic acids is 1. The van der Waals surface area contributed by atoms with Crippen LogP contribution in [0.1, 0.15) is 28.7 Å². The quantitative estimate of drug-likeness (QED) is 0.732. The fourth-order valence-electron chi connectivity index (χ4n) is 1.95. The summed E-state index contributed by atoms with van der Waals surface area (Å²) < 4.78 is 31.2. The molecule has 0 fully saturated rings. The van der Waals surface area contributed by atoms with Crippen molar-refractivity contribution in [3.63, 3.8) is 0 Å². The third-order valence-electron chi connectivity index (χ3n) is 3.01. The van der Waals surface area contributed by atoms with E-state index < -0.39 is 16.0 Å². The van der Waals surface area contributed by atoms with Gasteiger partial charge in [-0.25, -0.2) is 13.2 Å². The van der Waals surface area contributed by atoms with Gasteiger partial charge in [0.05, 0.1) is 6.61 Å². The van der Waals surface area contributed by atoms with Crippen molar-refractivity contribution >= 4 is 16.0 Å². The number of nitrogens with zero attached hydrogens (tertiary/aromatic N) is 1. The maximum Gasteiger partial charge on any atom is 0.352 e. The summed E-state index contributed by atoms with van der Waals surface area (Å²) in [6.45, 7) is 5.87. The zero-order chi connectivity index (χ0) is 15.5. The fraction of sp³-hybridized carbons (Fsp3) is 0.583. The van der Waals surface area contributed by atoms with Crippen molar-refractivity contribution in [2.75, 3.05) is 26.8 Å². The maximum atomic E-state index is 12.5. The third kappa shape index (κ3) is 3.20. The van der Waals surface area contributed by atoms with E-state index in [1.165, 1.54) is 14.0 Å². The zero-order valence-corrected chi connectivity index (χ0v) is 12.9. The Balaban J connectivity index is 3.13. The number of carbonyl (C=O) groups is 1. The average Bonchev–Trinajstić information content (AvgIpc) is 2.65. The second kappa shape index (κ2) is 6.38. The van der Waals surface area contributed by atoms with Crippen LogP contribution >= 0.6 is 0 Å². The molecule has 1 heterocycles. The van der Waals surface area contributed by atoms with E-state index in [1.54, 1.807) is 6.92 Å². The van der Waals surface area contributed by atoms with Crippen LogP contribution in [0.4, 0.5) is 0 Å². The lowest BCUT2D eigenvalue weighted by Crippen LogP contribution is -2.31. The van der Waals surface area contributed by atoms with Crippen molar-refractivity contribution < 1.29 is 23.1 Å². The second-order valence-corrected chi connectivity index (χ2v) is 6.39. The summed E-state index contributed by atoms with van der Waals surface area (Å²) in [5.41, 5.74) is 0.445. The number of rotatable bonds is 7. The highest BCUT2D eigenvalue weighted by molar-refractivity contribution is 7.89. The second-order valence-electron chi connectivity index (χ2n) is 4.41. The number of aryl methyl sites for hydroxylation is 1. The number of aromatic carboxylic acids is 1. The zero-order valence-electron chi connectivity index (χ0n) is 12.1. The topological polar surface area (TPSA) is 99.7 Å². The summed E-state index contributed by atoms with van der Waals surface area (Å²) >= 11 is 0. The predicted molar refractivity (Wildman–Crippen MR) is 73.5 cm³/mol. The molecule has 0 atom stereocenters. The van der Waals surface area contributed by atoms with Crippen LogP contribution in [-0.2, 0) is 14.8 Å². The Bertz CT molecular complexity index is 591. The van der Waals surface area contributed by atoms with Crippen LogP contribution in [0.5, 0.6) is 0 Å². The largest absolute Gasteiger partial charge is 0.477 e. The first-order valence-corrected chi connectivity index (χ1v) is 7.64. The number of H-pyrrole nitrogens is 1. The van der Waals surface area contributed by atoms with Gasteiger partial charge >= 0.3 is 5.97 Å². The molecule has 0 radical (unpaired) electrons. The molecule has 0 saturated carbocycles. The molecular formula is C12H20N2O5S. The van der Waals surface area contributed by atoms with E-state index in [2.05, 4.69) is 4.98 Å². The molecule has 0 amide bonds. The average molecular weight is 304 g/mol. The van der Waals surface area contributed by atoms with Crippen molar-refractivity contribution in [1.29, 1.82) is 0 Å². The Labute approximate surface area is 118 Å². The van der Waals surface area contributed by atoms with Crippen LogP contribution < -0.4 is 0 Å². The van der Waals surface area contributed by atoms with Crippen LogP contribution in [0.25, 0.3) is 0 Å². The Morgan fingerprint density at radius 1 is 1.40 bits per heavy atom. The van der Waals surface area contributed by atoms with Gasteiger partial charge < -0.3 is 14.8 Å². The maximum absolute atomic E-state index is 12.5. The van der Waals surface area contributed by atoms with Crippen LogP contribution in [0.15, 0.2) is 4.90 Å². The predicted octanol–water partition coefficient (Wildman–Crippen LogP) is 0.987. The summed E-state index contributed by atoms with van der Waals surface area (Å²) in [6, 6.07) is 0. The number of ether oxygens (including phenoxy) is 1. The number of nitrogens with one attached hydrogen (secondary N) is 1. The van der Waals surface area contributed by atoms with Gasteiger partial charge in [-0.2, -0.15) is 4.31 Å². The minimum Gasteiger partial charge on any atom is -0.477 e. The lowest BCUT2D eigenvalue weighted by atomic mass is 10.2. The molecule has 7 nitrogen and oxygen atoms in total. The van der Waals surface area contributed by atoms with E-state index in [0.717, 1.165) is 4.31 Å². The highest BCUT2D eigenvalue weighted by Crippen LogP contribution is 2.25. The van der Waals surface area contributed by atoms with Gasteiger partial charge in [0.15, 0.2) is 0 Å². The lowest BCUT2D eigenvalue weighted by Gasteiger charge is -2.17. The number of aromatic amines is 1. The van der Waals surface area contributed by atoms with Crippen LogP contribution in [0.2, 0.25) is 0 Å². The SMILES string of the molecule is CCOCCN(C)S(=O)(=O)c1c(C)[nH]c(C(=O)O)c1C. The molecule has 0 aromatic carbocycles. The van der Waals surface area contributed by atoms with E-state index in [0.29, 0.717) is 18.9 Å². The van der Waals surface area contributed by atoms with Crippen molar-refractivity contribution in [3.05, 3.63) is 17.0 Å². The molecular weight excluding hydrogens is 284 g/mol. The van der Waals surface area contributed by atoms with Gasteiger partial charge in [-0.15, -0.1) is 0 Å². The van der Waals surface area contributed by atoms with E-state index >= 15 is 0 Å². The van der Waals surface area contributed by atoms with E-state index in [4.69, 9.17) is 9.84 Å². The van der Waals surface area contributed by atoms with Gasteiger partial charge in [0.2, 0.25) is 10.0 Å². The van der Waals surface area contributed by atoms with Gasteiger partial charge in [0.25, 0.3) is 0 Å². The van der Waals surface area contributed by atoms with E-state index in [-0.39, 0.29) is 22.7 Å². The normalized spacial score (nSPS) is 12.1. The molecule has 0 aliphatic rings. The van der Waals surface area contributed by atoms with Crippen molar-refractivity contribution in [3.8, 4) is 0 Å². The van der Waals surface area contributed by atoms with Gasteiger partial charge in [-0.05, 0) is 20.8 Å². The third-order valence-corrected chi connectivity index (χ3v) is 5.14. The Morgan fingerprint density at radius 3 is 2.45 bits per heavy atom. The first-order valence-electron chi connectivity index (χ1n) is 6.20. The molecule has 1 rings (SSSR count). The Kier molecular flexibility index (Phi) is 5.32. The lowest BCUT2D eigenvalue weighted by molar-refractivity contribution is 0.0690. The number of hydrogen-bond donors (Lipinski definition) is 2. The Hall–Kier alpha value is -1.38. The molecule has 8 heteroatoms. The molecule has 0 bridgehead atoms.